The van der Waals surface area contributed by atoms with Crippen LogP contribution in [0.15, 0.2) is 0 Å². The maximum atomic E-state index is 5.97. The van der Waals surface area contributed by atoms with E-state index in [1.807, 2.05) is 0 Å². The highest BCUT2D eigenvalue weighted by molar-refractivity contribution is 4.78. The Balaban J connectivity index is 4.31. The van der Waals surface area contributed by atoms with Crippen molar-refractivity contribution in [3.05, 3.63) is 0 Å². The van der Waals surface area contributed by atoms with Crippen LogP contribution in [0.3, 0.4) is 0 Å². The molecule has 0 bridgehead atoms. The second-order valence-corrected chi connectivity index (χ2v) is 6.29. The lowest BCUT2D eigenvalue weighted by atomic mass is 9.83. The highest BCUT2D eigenvalue weighted by atomic mass is 16.7. The van der Waals surface area contributed by atoms with Crippen LogP contribution in [0.4, 0.5) is 0 Å². The lowest BCUT2D eigenvalue weighted by molar-refractivity contribution is -0.260. The van der Waals surface area contributed by atoms with Gasteiger partial charge in [0.05, 0.1) is 0 Å². The maximum Gasteiger partial charge on any atom is 0.168 e. The van der Waals surface area contributed by atoms with Crippen LogP contribution in [0.5, 0.6) is 0 Å². The minimum atomic E-state index is -0.416. The van der Waals surface area contributed by atoms with E-state index in [1.165, 1.54) is 44.9 Å². The standard InChI is InChI=1S/C18H38O2/c1-7-10-11-12-13-14-15-17(16(4)5)18(6,19-8-2)20-9-3/h16-17H,7-15H2,1-6H3. The number of unbranched alkanes of at least 4 members (excludes halogenated alkanes) is 5. The van der Waals surface area contributed by atoms with Gasteiger partial charge in [-0.3, -0.25) is 0 Å². The quantitative estimate of drug-likeness (QED) is 0.315. The zero-order chi connectivity index (χ0) is 15.4. The highest BCUT2D eigenvalue weighted by Gasteiger charge is 2.37. The molecule has 0 rings (SSSR count). The monoisotopic (exact) mass is 286 g/mol. The van der Waals surface area contributed by atoms with E-state index >= 15 is 0 Å². The molecule has 0 fully saturated rings. The first kappa shape index (κ1) is 19.9. The second kappa shape index (κ2) is 11.6. The van der Waals surface area contributed by atoms with Crippen molar-refractivity contribution in [2.24, 2.45) is 11.8 Å². The van der Waals surface area contributed by atoms with Gasteiger partial charge in [0.25, 0.3) is 0 Å². The van der Waals surface area contributed by atoms with Crippen LogP contribution in [0.25, 0.3) is 0 Å². The largest absolute Gasteiger partial charge is 0.350 e. The van der Waals surface area contributed by atoms with Gasteiger partial charge in [0.1, 0.15) is 0 Å². The molecule has 0 aliphatic heterocycles. The molecule has 0 radical (unpaired) electrons. The highest BCUT2D eigenvalue weighted by Crippen LogP contribution is 2.34. The second-order valence-electron chi connectivity index (χ2n) is 6.29. The van der Waals surface area contributed by atoms with Gasteiger partial charge in [-0.2, -0.15) is 0 Å². The van der Waals surface area contributed by atoms with Crippen molar-refractivity contribution in [1.29, 1.82) is 0 Å². The lowest BCUT2D eigenvalue weighted by Crippen LogP contribution is -2.43. The number of hydrogen-bond acceptors (Lipinski definition) is 2. The van der Waals surface area contributed by atoms with E-state index in [0.717, 1.165) is 13.2 Å². The SMILES string of the molecule is CCCCCCCCC(C(C)C)C(C)(OCC)OCC. The van der Waals surface area contributed by atoms with Crippen LogP contribution in [0, 0.1) is 11.8 Å². The number of rotatable bonds is 13. The average Bonchev–Trinajstić information content (AvgIpc) is 2.37. The average molecular weight is 287 g/mol. The van der Waals surface area contributed by atoms with Crippen molar-refractivity contribution in [2.45, 2.75) is 92.3 Å². The molecular formula is C18H38O2. The van der Waals surface area contributed by atoms with E-state index in [9.17, 15) is 0 Å². The Hall–Kier alpha value is -0.0800. The van der Waals surface area contributed by atoms with E-state index in [2.05, 4.69) is 41.5 Å². The van der Waals surface area contributed by atoms with Gasteiger partial charge in [0.2, 0.25) is 0 Å². The van der Waals surface area contributed by atoms with E-state index in [-0.39, 0.29) is 0 Å². The molecule has 1 atom stereocenters. The van der Waals surface area contributed by atoms with E-state index in [0.29, 0.717) is 11.8 Å². The zero-order valence-electron chi connectivity index (χ0n) is 14.8. The molecule has 2 nitrogen and oxygen atoms in total. The first-order valence-electron chi connectivity index (χ1n) is 8.79. The maximum absolute atomic E-state index is 5.97. The normalized spacial score (nSPS) is 13.9. The zero-order valence-corrected chi connectivity index (χ0v) is 14.8. The molecule has 0 saturated carbocycles. The Morgan fingerprint density at radius 1 is 0.800 bits per heavy atom. The summed E-state index contributed by atoms with van der Waals surface area (Å²) in [6.07, 6.45) is 9.31. The van der Waals surface area contributed by atoms with Crippen molar-refractivity contribution in [2.75, 3.05) is 13.2 Å². The van der Waals surface area contributed by atoms with Crippen molar-refractivity contribution in [3.63, 3.8) is 0 Å². The van der Waals surface area contributed by atoms with Crippen LogP contribution in [0.1, 0.15) is 86.5 Å². The molecule has 0 heterocycles. The predicted molar refractivity (Wildman–Crippen MR) is 88.0 cm³/mol. The van der Waals surface area contributed by atoms with Crippen LogP contribution < -0.4 is 0 Å². The molecule has 0 spiro atoms. The minimum Gasteiger partial charge on any atom is -0.350 e. The molecule has 1 unspecified atom stereocenters. The molecule has 0 amide bonds. The Kier molecular flexibility index (Phi) is 11.5. The summed E-state index contributed by atoms with van der Waals surface area (Å²) in [4.78, 5) is 0. The first-order valence-corrected chi connectivity index (χ1v) is 8.79. The van der Waals surface area contributed by atoms with Crippen LogP contribution in [-0.4, -0.2) is 19.0 Å². The van der Waals surface area contributed by atoms with Crippen molar-refractivity contribution < 1.29 is 9.47 Å². The first-order chi connectivity index (χ1) is 9.51. The van der Waals surface area contributed by atoms with Crippen molar-refractivity contribution >= 4 is 0 Å². The lowest BCUT2D eigenvalue weighted by Gasteiger charge is -2.39. The molecule has 0 N–H and O–H groups in total. The summed E-state index contributed by atoms with van der Waals surface area (Å²) in [5, 5.41) is 0. The third kappa shape index (κ3) is 7.64. The summed E-state index contributed by atoms with van der Waals surface area (Å²) in [7, 11) is 0. The number of hydrogen-bond donors (Lipinski definition) is 0. The van der Waals surface area contributed by atoms with Gasteiger partial charge in [-0.15, -0.1) is 0 Å². The van der Waals surface area contributed by atoms with E-state index < -0.39 is 5.79 Å². The molecule has 122 valence electrons. The minimum absolute atomic E-state index is 0.416. The molecule has 0 aliphatic carbocycles. The van der Waals surface area contributed by atoms with Crippen LogP contribution in [0.2, 0.25) is 0 Å². The third-order valence-electron chi connectivity index (χ3n) is 4.21. The summed E-state index contributed by atoms with van der Waals surface area (Å²) in [6, 6.07) is 0. The summed E-state index contributed by atoms with van der Waals surface area (Å²) in [6.45, 7) is 14.5. The molecule has 0 saturated heterocycles. The third-order valence-corrected chi connectivity index (χ3v) is 4.21. The van der Waals surface area contributed by atoms with E-state index in [4.69, 9.17) is 9.47 Å². The summed E-state index contributed by atoms with van der Waals surface area (Å²) in [5.41, 5.74) is 0. The van der Waals surface area contributed by atoms with Crippen molar-refractivity contribution in [1.82, 2.24) is 0 Å². The van der Waals surface area contributed by atoms with Gasteiger partial charge in [0.15, 0.2) is 5.79 Å². The Morgan fingerprint density at radius 2 is 1.30 bits per heavy atom. The Bertz CT molecular complexity index is 207. The molecule has 0 aromatic carbocycles. The molecular weight excluding hydrogens is 248 g/mol. The predicted octanol–water partition coefficient (Wildman–Crippen LogP) is 5.80. The molecule has 2 heteroatoms. The summed E-state index contributed by atoms with van der Waals surface area (Å²) >= 11 is 0. The fourth-order valence-corrected chi connectivity index (χ4v) is 3.17. The molecule has 0 aromatic rings. The van der Waals surface area contributed by atoms with Gasteiger partial charge in [0, 0.05) is 19.1 Å². The topological polar surface area (TPSA) is 18.5 Å². The Morgan fingerprint density at radius 3 is 1.75 bits per heavy atom. The fourth-order valence-electron chi connectivity index (χ4n) is 3.17. The smallest absolute Gasteiger partial charge is 0.168 e. The Labute approximate surface area is 127 Å². The van der Waals surface area contributed by atoms with Gasteiger partial charge in [-0.25, -0.2) is 0 Å². The molecule has 20 heavy (non-hydrogen) atoms. The van der Waals surface area contributed by atoms with Gasteiger partial charge < -0.3 is 9.47 Å². The summed E-state index contributed by atoms with van der Waals surface area (Å²) < 4.78 is 11.9. The van der Waals surface area contributed by atoms with Crippen LogP contribution >= 0.6 is 0 Å². The number of ether oxygens (including phenoxy) is 2. The van der Waals surface area contributed by atoms with Gasteiger partial charge >= 0.3 is 0 Å². The summed E-state index contributed by atoms with van der Waals surface area (Å²) in [5.74, 6) is 0.656. The van der Waals surface area contributed by atoms with Gasteiger partial charge in [-0.1, -0.05) is 59.3 Å². The van der Waals surface area contributed by atoms with Crippen molar-refractivity contribution in [3.8, 4) is 0 Å². The fraction of sp³-hybridized carbons (Fsp3) is 1.00. The van der Waals surface area contributed by atoms with E-state index in [1.54, 1.807) is 0 Å². The molecule has 0 aliphatic rings. The molecule has 0 aromatic heterocycles. The van der Waals surface area contributed by atoms with Crippen LogP contribution in [-0.2, 0) is 9.47 Å². The van der Waals surface area contributed by atoms with Gasteiger partial charge in [-0.05, 0) is 33.1 Å².